The molecule has 0 radical (unpaired) electrons. The first-order chi connectivity index (χ1) is 11.6. The van der Waals surface area contributed by atoms with E-state index < -0.39 is 0 Å². The van der Waals surface area contributed by atoms with Crippen LogP contribution in [0.15, 0.2) is 41.6 Å². The Hall–Kier alpha value is -1.92. The molecule has 0 fully saturated rings. The van der Waals surface area contributed by atoms with E-state index in [2.05, 4.69) is 22.1 Å². The van der Waals surface area contributed by atoms with Gasteiger partial charge in [0.25, 0.3) is 0 Å². The number of thioether (sulfide) groups is 1. The predicted octanol–water partition coefficient (Wildman–Crippen LogP) is 2.22. The molecule has 24 heavy (non-hydrogen) atoms. The van der Waals surface area contributed by atoms with Crippen molar-refractivity contribution in [2.24, 2.45) is 5.73 Å². The average Bonchev–Trinajstić information content (AvgIpc) is 2.56. The number of hydrogen-bond acceptors (Lipinski definition) is 5. The van der Waals surface area contributed by atoms with Gasteiger partial charge >= 0.3 is 0 Å². The molecule has 0 aliphatic heterocycles. The molecule has 2 N–H and O–H groups in total. The third-order valence-electron chi connectivity index (χ3n) is 3.55. The lowest BCUT2D eigenvalue weighted by atomic mass is 10.1. The first-order valence-corrected chi connectivity index (χ1v) is 9.04. The molecule has 2 rings (SSSR count). The second-order valence-corrected chi connectivity index (χ2v) is 6.57. The van der Waals surface area contributed by atoms with Crippen LogP contribution in [0.3, 0.4) is 0 Å². The zero-order valence-electron chi connectivity index (χ0n) is 14.2. The standard InChI is InChI=1S/C18H24N4OS/c1-14-12-15(2)21-18(20-14)24-13-17(23)22(11-9-19)10-8-16-6-4-3-5-7-16/h3-7,12H,8-11,13,19H2,1-2H3. The Balaban J connectivity index is 1.90. The molecule has 6 heteroatoms. The Morgan fingerprint density at radius 3 is 2.42 bits per heavy atom. The van der Waals surface area contributed by atoms with Crippen molar-refractivity contribution in [3.63, 3.8) is 0 Å². The lowest BCUT2D eigenvalue weighted by molar-refractivity contribution is -0.128. The van der Waals surface area contributed by atoms with Crippen molar-refractivity contribution >= 4 is 17.7 Å². The van der Waals surface area contributed by atoms with Crippen LogP contribution in [0.25, 0.3) is 0 Å². The summed E-state index contributed by atoms with van der Waals surface area (Å²) < 4.78 is 0. The van der Waals surface area contributed by atoms with E-state index in [1.807, 2.05) is 43.0 Å². The maximum atomic E-state index is 12.5. The van der Waals surface area contributed by atoms with Crippen molar-refractivity contribution in [1.29, 1.82) is 0 Å². The van der Waals surface area contributed by atoms with Crippen LogP contribution in [0.5, 0.6) is 0 Å². The highest BCUT2D eigenvalue weighted by molar-refractivity contribution is 7.99. The third-order valence-corrected chi connectivity index (χ3v) is 4.38. The number of hydrogen-bond donors (Lipinski definition) is 1. The zero-order valence-corrected chi connectivity index (χ0v) is 15.1. The van der Waals surface area contributed by atoms with Crippen molar-refractivity contribution in [3.8, 4) is 0 Å². The summed E-state index contributed by atoms with van der Waals surface area (Å²) in [4.78, 5) is 23.0. The number of rotatable bonds is 8. The number of carbonyl (C=O) groups is 1. The van der Waals surface area contributed by atoms with Crippen molar-refractivity contribution < 1.29 is 4.79 Å². The summed E-state index contributed by atoms with van der Waals surface area (Å²) in [5, 5.41) is 0.650. The van der Waals surface area contributed by atoms with Crippen LogP contribution in [-0.4, -0.2) is 46.2 Å². The van der Waals surface area contributed by atoms with E-state index in [1.165, 1.54) is 17.3 Å². The number of amides is 1. The molecule has 0 unspecified atom stereocenters. The normalized spacial score (nSPS) is 10.6. The van der Waals surface area contributed by atoms with Crippen LogP contribution in [0.1, 0.15) is 17.0 Å². The minimum Gasteiger partial charge on any atom is -0.340 e. The highest BCUT2D eigenvalue weighted by atomic mass is 32.2. The fourth-order valence-corrected chi connectivity index (χ4v) is 3.25. The molecule has 0 saturated carbocycles. The first-order valence-electron chi connectivity index (χ1n) is 8.05. The van der Waals surface area contributed by atoms with E-state index in [-0.39, 0.29) is 5.91 Å². The Bertz CT molecular complexity index is 643. The number of aryl methyl sites for hydroxylation is 2. The van der Waals surface area contributed by atoms with Crippen LogP contribution in [0.4, 0.5) is 0 Å². The summed E-state index contributed by atoms with van der Waals surface area (Å²) in [6.45, 7) is 5.57. The number of nitrogens with two attached hydrogens (primary N) is 1. The second kappa shape index (κ2) is 9.39. The highest BCUT2D eigenvalue weighted by Gasteiger charge is 2.14. The van der Waals surface area contributed by atoms with Gasteiger partial charge in [-0.1, -0.05) is 42.1 Å². The minimum absolute atomic E-state index is 0.0733. The largest absolute Gasteiger partial charge is 0.340 e. The minimum atomic E-state index is 0.0733. The van der Waals surface area contributed by atoms with Crippen LogP contribution in [-0.2, 0) is 11.2 Å². The molecule has 1 amide bonds. The zero-order chi connectivity index (χ0) is 17.4. The summed E-state index contributed by atoms with van der Waals surface area (Å²) in [6, 6.07) is 12.1. The van der Waals surface area contributed by atoms with Gasteiger partial charge in [-0.25, -0.2) is 9.97 Å². The molecule has 5 nitrogen and oxygen atoms in total. The van der Waals surface area contributed by atoms with E-state index in [4.69, 9.17) is 5.73 Å². The molecule has 0 spiro atoms. The number of aromatic nitrogens is 2. The highest BCUT2D eigenvalue weighted by Crippen LogP contribution is 2.15. The van der Waals surface area contributed by atoms with Gasteiger partial charge in [-0.2, -0.15) is 0 Å². The Labute approximate surface area is 147 Å². The number of carbonyl (C=O) groups excluding carboxylic acids is 1. The summed E-state index contributed by atoms with van der Waals surface area (Å²) in [5.74, 6) is 0.404. The topological polar surface area (TPSA) is 72.1 Å². The first kappa shape index (κ1) is 18.4. The molecular weight excluding hydrogens is 320 g/mol. The summed E-state index contributed by atoms with van der Waals surface area (Å²) >= 11 is 1.38. The monoisotopic (exact) mass is 344 g/mol. The summed E-state index contributed by atoms with van der Waals surface area (Å²) in [5.41, 5.74) is 8.71. The van der Waals surface area contributed by atoms with Gasteiger partial charge in [-0.15, -0.1) is 0 Å². The number of benzene rings is 1. The molecule has 128 valence electrons. The molecular formula is C18H24N4OS. The third kappa shape index (κ3) is 5.94. The maximum absolute atomic E-state index is 12.5. The smallest absolute Gasteiger partial charge is 0.233 e. The van der Waals surface area contributed by atoms with E-state index >= 15 is 0 Å². The second-order valence-electron chi connectivity index (χ2n) is 5.63. The molecule has 0 atom stereocenters. The fourth-order valence-electron chi connectivity index (χ4n) is 2.40. The van der Waals surface area contributed by atoms with E-state index in [9.17, 15) is 4.79 Å². The van der Waals surface area contributed by atoms with Gasteiger partial charge in [0.2, 0.25) is 5.91 Å². The predicted molar refractivity (Wildman–Crippen MR) is 98.0 cm³/mol. The molecule has 0 aliphatic rings. The van der Waals surface area contributed by atoms with Gasteiger partial charge in [-0.3, -0.25) is 4.79 Å². The van der Waals surface area contributed by atoms with Gasteiger partial charge in [0.1, 0.15) is 0 Å². The molecule has 0 aliphatic carbocycles. The van der Waals surface area contributed by atoms with Gasteiger partial charge in [0.05, 0.1) is 5.75 Å². The lowest BCUT2D eigenvalue weighted by Crippen LogP contribution is -2.38. The molecule has 2 aromatic rings. The lowest BCUT2D eigenvalue weighted by Gasteiger charge is -2.22. The fraction of sp³-hybridized carbons (Fsp3) is 0.389. The molecule has 1 aromatic carbocycles. The van der Waals surface area contributed by atoms with Crippen LogP contribution >= 0.6 is 11.8 Å². The quantitative estimate of drug-likeness (QED) is 0.587. The van der Waals surface area contributed by atoms with Crippen molar-refractivity contribution in [3.05, 3.63) is 53.3 Å². The molecule has 0 saturated heterocycles. The molecule has 1 aromatic heterocycles. The van der Waals surface area contributed by atoms with E-state index in [0.29, 0.717) is 30.5 Å². The summed E-state index contributed by atoms with van der Waals surface area (Å²) in [7, 11) is 0. The number of nitrogens with zero attached hydrogens (tertiary/aromatic N) is 3. The van der Waals surface area contributed by atoms with E-state index in [1.54, 1.807) is 0 Å². The average molecular weight is 344 g/mol. The maximum Gasteiger partial charge on any atom is 0.233 e. The van der Waals surface area contributed by atoms with Gasteiger partial charge in [-0.05, 0) is 31.9 Å². The summed E-state index contributed by atoms with van der Waals surface area (Å²) in [6.07, 6.45) is 0.831. The van der Waals surface area contributed by atoms with Crippen molar-refractivity contribution in [1.82, 2.24) is 14.9 Å². The molecule has 0 bridgehead atoms. The van der Waals surface area contributed by atoms with Crippen LogP contribution in [0, 0.1) is 13.8 Å². The van der Waals surface area contributed by atoms with Crippen LogP contribution in [0.2, 0.25) is 0 Å². The van der Waals surface area contributed by atoms with Gasteiger partial charge in [0.15, 0.2) is 5.16 Å². The Morgan fingerprint density at radius 2 is 1.79 bits per heavy atom. The SMILES string of the molecule is Cc1cc(C)nc(SCC(=O)N(CCN)CCc2ccccc2)n1. The van der Waals surface area contributed by atoms with Crippen LogP contribution < -0.4 is 5.73 Å². The van der Waals surface area contributed by atoms with Gasteiger partial charge in [0, 0.05) is 31.0 Å². The van der Waals surface area contributed by atoms with Crippen molar-refractivity contribution in [2.45, 2.75) is 25.4 Å². The van der Waals surface area contributed by atoms with Crippen molar-refractivity contribution in [2.75, 3.05) is 25.4 Å². The Morgan fingerprint density at radius 1 is 1.12 bits per heavy atom. The Kier molecular flexibility index (Phi) is 7.21. The van der Waals surface area contributed by atoms with Gasteiger partial charge < -0.3 is 10.6 Å². The van der Waals surface area contributed by atoms with E-state index in [0.717, 1.165) is 17.8 Å². The molecule has 1 heterocycles.